The van der Waals surface area contributed by atoms with Gasteiger partial charge in [-0.15, -0.1) is 11.3 Å². The Bertz CT molecular complexity index is 1030. The van der Waals surface area contributed by atoms with Gasteiger partial charge in [0.2, 0.25) is 5.91 Å². The normalized spacial score (nSPS) is 16.2. The van der Waals surface area contributed by atoms with Crippen LogP contribution < -0.4 is 5.32 Å². The van der Waals surface area contributed by atoms with E-state index in [1.54, 1.807) is 6.92 Å². The number of nitrogens with zero attached hydrogens (tertiary/aromatic N) is 2. The average molecular weight is 476 g/mol. The molecule has 1 N–H and O–H groups in total. The number of nitrogens with one attached hydrogen (secondary N) is 1. The van der Waals surface area contributed by atoms with Crippen molar-refractivity contribution in [1.82, 2.24) is 9.78 Å². The highest BCUT2D eigenvalue weighted by Gasteiger charge is 2.42. The number of ether oxygens (including phenoxy) is 1. The molecule has 0 saturated heterocycles. The third-order valence-electron chi connectivity index (χ3n) is 5.36. The summed E-state index contributed by atoms with van der Waals surface area (Å²) in [6, 6.07) is 0. The van der Waals surface area contributed by atoms with Gasteiger partial charge < -0.3 is 10.1 Å². The predicted octanol–water partition coefficient (Wildman–Crippen LogP) is 5.19. The number of carbonyl (C=O) groups excluding carboxylic acids is 2. The molecule has 2 aromatic rings. The lowest BCUT2D eigenvalue weighted by atomic mass is 9.95. The molecule has 11 heteroatoms. The van der Waals surface area contributed by atoms with Gasteiger partial charge in [-0.2, -0.15) is 18.3 Å². The molecule has 0 aliphatic heterocycles. The molecule has 0 aromatic carbocycles. The summed E-state index contributed by atoms with van der Waals surface area (Å²) in [5.74, 6) is -1.20. The topological polar surface area (TPSA) is 73.2 Å². The average Bonchev–Trinajstić information content (AvgIpc) is 3.37. The van der Waals surface area contributed by atoms with Crippen molar-refractivity contribution in [3.8, 4) is 0 Å². The number of anilines is 1. The number of thiophene rings is 1. The van der Waals surface area contributed by atoms with Crippen LogP contribution in [0.1, 0.15) is 70.7 Å². The lowest BCUT2D eigenvalue weighted by Gasteiger charge is -2.12. The van der Waals surface area contributed by atoms with Crippen molar-refractivity contribution < 1.29 is 27.5 Å². The minimum atomic E-state index is -4.70. The number of esters is 1. The molecular formula is C20H21ClF3N3O3S. The van der Waals surface area contributed by atoms with Crippen LogP contribution in [-0.4, -0.2) is 28.3 Å². The van der Waals surface area contributed by atoms with Crippen LogP contribution in [0.3, 0.4) is 0 Å². The number of aryl methyl sites for hydroxylation is 1. The Kier molecular flexibility index (Phi) is 6.04. The summed E-state index contributed by atoms with van der Waals surface area (Å²) >= 11 is 7.29. The van der Waals surface area contributed by atoms with Crippen LogP contribution in [0.2, 0.25) is 5.02 Å². The summed E-state index contributed by atoms with van der Waals surface area (Å²) in [5.41, 5.74) is 0.305. The number of amides is 1. The molecule has 1 amide bonds. The minimum Gasteiger partial charge on any atom is -0.462 e. The van der Waals surface area contributed by atoms with Gasteiger partial charge in [0.1, 0.15) is 11.5 Å². The molecule has 0 atom stereocenters. The maximum atomic E-state index is 13.2. The molecule has 2 aliphatic rings. The van der Waals surface area contributed by atoms with E-state index in [1.807, 2.05) is 0 Å². The molecule has 2 aliphatic carbocycles. The van der Waals surface area contributed by atoms with Crippen molar-refractivity contribution in [3.05, 3.63) is 32.4 Å². The van der Waals surface area contributed by atoms with Crippen LogP contribution in [0.5, 0.6) is 0 Å². The standard InChI is InChI=1S/C20H21ClF3N3O3S/c1-2-30-19(29)14-11-5-3-4-6-12(11)31-18(14)25-13(28)9-27-16(10-7-8-10)15(21)17(26-27)20(22,23)24/h10H,2-9H2,1H3,(H,25,28). The molecule has 4 rings (SSSR count). The van der Waals surface area contributed by atoms with Gasteiger partial charge in [0.15, 0.2) is 5.69 Å². The fraction of sp³-hybridized carbons (Fsp3) is 0.550. The van der Waals surface area contributed by atoms with E-state index in [0.29, 0.717) is 23.4 Å². The minimum absolute atomic E-state index is 0.131. The maximum absolute atomic E-state index is 13.2. The van der Waals surface area contributed by atoms with E-state index in [0.717, 1.165) is 40.8 Å². The van der Waals surface area contributed by atoms with E-state index in [1.165, 1.54) is 11.3 Å². The quantitative estimate of drug-likeness (QED) is 0.584. The summed E-state index contributed by atoms with van der Waals surface area (Å²) in [7, 11) is 0. The second-order valence-corrected chi connectivity index (χ2v) is 9.14. The van der Waals surface area contributed by atoms with Crippen molar-refractivity contribution in [2.75, 3.05) is 11.9 Å². The summed E-state index contributed by atoms with van der Waals surface area (Å²) in [4.78, 5) is 26.3. The van der Waals surface area contributed by atoms with Crippen LogP contribution in [0.25, 0.3) is 0 Å². The van der Waals surface area contributed by atoms with Crippen molar-refractivity contribution >= 4 is 39.8 Å². The van der Waals surface area contributed by atoms with E-state index in [2.05, 4.69) is 10.4 Å². The Hall–Kier alpha value is -2.07. The molecule has 0 spiro atoms. The van der Waals surface area contributed by atoms with Gasteiger partial charge in [-0.25, -0.2) is 4.79 Å². The van der Waals surface area contributed by atoms with Gasteiger partial charge in [-0.05, 0) is 51.0 Å². The number of fused-ring (bicyclic) bond motifs is 1. The highest BCUT2D eigenvalue weighted by molar-refractivity contribution is 7.17. The van der Waals surface area contributed by atoms with E-state index >= 15 is 0 Å². The molecule has 1 fully saturated rings. The number of hydrogen-bond acceptors (Lipinski definition) is 5. The SMILES string of the molecule is CCOC(=O)c1c(NC(=O)Cn2nc(C(F)(F)F)c(Cl)c2C2CC2)sc2c1CCCC2. The first-order chi connectivity index (χ1) is 14.7. The Balaban J connectivity index is 1.60. The number of aromatic nitrogens is 2. The van der Waals surface area contributed by atoms with Crippen LogP contribution >= 0.6 is 22.9 Å². The fourth-order valence-electron chi connectivity index (χ4n) is 3.88. The Morgan fingerprint density at radius 2 is 2.00 bits per heavy atom. The highest BCUT2D eigenvalue weighted by Crippen LogP contribution is 2.47. The molecule has 2 aromatic heterocycles. The zero-order valence-corrected chi connectivity index (χ0v) is 18.3. The van der Waals surface area contributed by atoms with E-state index in [9.17, 15) is 22.8 Å². The maximum Gasteiger partial charge on any atom is 0.436 e. The first-order valence-corrected chi connectivity index (χ1v) is 11.3. The summed E-state index contributed by atoms with van der Waals surface area (Å²) in [6.45, 7) is 1.48. The summed E-state index contributed by atoms with van der Waals surface area (Å²) in [6.07, 6.45) is 0.194. The van der Waals surface area contributed by atoms with Gasteiger partial charge in [0.25, 0.3) is 0 Å². The molecule has 31 heavy (non-hydrogen) atoms. The third-order valence-corrected chi connectivity index (χ3v) is 6.94. The van der Waals surface area contributed by atoms with E-state index in [4.69, 9.17) is 16.3 Å². The van der Waals surface area contributed by atoms with E-state index in [-0.39, 0.29) is 18.2 Å². The zero-order chi connectivity index (χ0) is 22.3. The van der Waals surface area contributed by atoms with E-state index < -0.39 is 35.3 Å². The smallest absolute Gasteiger partial charge is 0.436 e. The lowest BCUT2D eigenvalue weighted by Crippen LogP contribution is -2.22. The number of carbonyl (C=O) groups is 2. The van der Waals surface area contributed by atoms with Gasteiger partial charge in [0.05, 0.1) is 22.9 Å². The molecule has 168 valence electrons. The number of rotatable bonds is 6. The first kappa shape index (κ1) is 22.1. The molecule has 0 bridgehead atoms. The monoisotopic (exact) mass is 475 g/mol. The fourth-order valence-corrected chi connectivity index (χ4v) is 5.57. The molecule has 1 saturated carbocycles. The lowest BCUT2D eigenvalue weighted by molar-refractivity contribution is -0.141. The Morgan fingerprint density at radius 1 is 1.29 bits per heavy atom. The molecule has 0 unspecified atom stereocenters. The largest absolute Gasteiger partial charge is 0.462 e. The van der Waals surface area contributed by atoms with Crippen LogP contribution in [-0.2, 0) is 35.1 Å². The molecule has 0 radical (unpaired) electrons. The van der Waals surface area contributed by atoms with Crippen LogP contribution in [0, 0.1) is 0 Å². The Morgan fingerprint density at radius 3 is 2.65 bits per heavy atom. The van der Waals surface area contributed by atoms with Crippen molar-refractivity contribution in [1.29, 1.82) is 0 Å². The number of alkyl halides is 3. The third kappa shape index (κ3) is 4.45. The van der Waals surface area contributed by atoms with Gasteiger partial charge in [-0.1, -0.05) is 11.6 Å². The second-order valence-electron chi connectivity index (χ2n) is 7.66. The van der Waals surface area contributed by atoms with Gasteiger partial charge in [0, 0.05) is 10.8 Å². The highest BCUT2D eigenvalue weighted by atomic mass is 35.5. The first-order valence-electron chi connectivity index (χ1n) is 10.2. The number of hydrogen-bond donors (Lipinski definition) is 1. The van der Waals surface area contributed by atoms with Crippen molar-refractivity contribution in [2.24, 2.45) is 0 Å². The summed E-state index contributed by atoms with van der Waals surface area (Å²) in [5, 5.41) is 6.22. The van der Waals surface area contributed by atoms with Crippen LogP contribution in [0.15, 0.2) is 0 Å². The molecule has 2 heterocycles. The summed E-state index contributed by atoms with van der Waals surface area (Å²) < 4.78 is 45.9. The molecule has 6 nitrogen and oxygen atoms in total. The Labute approximate surface area is 185 Å². The van der Waals surface area contributed by atoms with Gasteiger partial charge in [-0.3, -0.25) is 9.48 Å². The van der Waals surface area contributed by atoms with Crippen LogP contribution in [0.4, 0.5) is 18.2 Å². The number of halogens is 4. The van der Waals surface area contributed by atoms with Crippen molar-refractivity contribution in [3.63, 3.8) is 0 Å². The van der Waals surface area contributed by atoms with Gasteiger partial charge >= 0.3 is 12.1 Å². The molecular weight excluding hydrogens is 455 g/mol. The van der Waals surface area contributed by atoms with Crippen molar-refractivity contribution in [2.45, 2.75) is 64.1 Å². The second kappa shape index (κ2) is 8.46. The zero-order valence-electron chi connectivity index (χ0n) is 16.8. The predicted molar refractivity (Wildman–Crippen MR) is 110 cm³/mol.